The molecule has 1 unspecified atom stereocenters. The normalized spacial score (nSPS) is 12.7. The van der Waals surface area contributed by atoms with Crippen LogP contribution in [0.3, 0.4) is 0 Å². The van der Waals surface area contributed by atoms with Gasteiger partial charge >= 0.3 is 0 Å². The van der Waals surface area contributed by atoms with E-state index in [1.165, 1.54) is 0 Å². The lowest BCUT2D eigenvalue weighted by Gasteiger charge is -2.17. The molecule has 0 aliphatic carbocycles. The van der Waals surface area contributed by atoms with Crippen molar-refractivity contribution >= 4 is 34.5 Å². The number of benzene rings is 1. The van der Waals surface area contributed by atoms with Gasteiger partial charge in [-0.2, -0.15) is 0 Å². The molecule has 0 bridgehead atoms. The molecule has 90 valence electrons. The fourth-order valence-corrected chi connectivity index (χ4v) is 3.09. The Morgan fingerprint density at radius 2 is 2.12 bits per heavy atom. The Bertz CT molecular complexity index is 525. The van der Waals surface area contributed by atoms with E-state index in [-0.39, 0.29) is 6.04 Å². The summed E-state index contributed by atoms with van der Waals surface area (Å²) < 4.78 is 0. The summed E-state index contributed by atoms with van der Waals surface area (Å²) in [6.07, 6.45) is 0. The summed E-state index contributed by atoms with van der Waals surface area (Å²) in [5.74, 6) is 0. The third-order valence-electron chi connectivity index (χ3n) is 2.60. The SMILES string of the molecule is CNC(c1cc(Cl)ccc1Cl)c1scnc1C. The molecule has 2 rings (SSSR count). The van der Waals surface area contributed by atoms with E-state index in [9.17, 15) is 0 Å². The molecule has 0 saturated carbocycles. The predicted octanol–water partition coefficient (Wildman–Crippen LogP) is 4.07. The fourth-order valence-electron chi connectivity index (χ4n) is 1.75. The molecule has 0 fully saturated rings. The van der Waals surface area contributed by atoms with E-state index >= 15 is 0 Å². The zero-order chi connectivity index (χ0) is 12.4. The maximum absolute atomic E-state index is 6.22. The van der Waals surface area contributed by atoms with E-state index in [0.29, 0.717) is 10.0 Å². The number of hydrogen-bond donors (Lipinski definition) is 1. The van der Waals surface area contributed by atoms with Gasteiger partial charge in [0.2, 0.25) is 0 Å². The Morgan fingerprint density at radius 1 is 1.35 bits per heavy atom. The molecule has 1 heterocycles. The van der Waals surface area contributed by atoms with Crippen LogP contribution in [0.4, 0.5) is 0 Å². The largest absolute Gasteiger partial charge is 0.309 e. The Kier molecular flexibility index (Phi) is 4.05. The van der Waals surface area contributed by atoms with E-state index in [0.717, 1.165) is 16.1 Å². The Labute approximate surface area is 115 Å². The topological polar surface area (TPSA) is 24.9 Å². The minimum atomic E-state index is 0.0358. The summed E-state index contributed by atoms with van der Waals surface area (Å²) in [5, 5.41) is 4.65. The van der Waals surface area contributed by atoms with Gasteiger partial charge in [0, 0.05) is 14.9 Å². The lowest BCUT2D eigenvalue weighted by Crippen LogP contribution is -2.17. The van der Waals surface area contributed by atoms with Crippen molar-refractivity contribution in [2.24, 2.45) is 0 Å². The minimum absolute atomic E-state index is 0.0358. The summed E-state index contributed by atoms with van der Waals surface area (Å²) in [6, 6.07) is 5.54. The van der Waals surface area contributed by atoms with Gasteiger partial charge in [0.25, 0.3) is 0 Å². The van der Waals surface area contributed by atoms with Crippen LogP contribution in [0.5, 0.6) is 0 Å². The smallest absolute Gasteiger partial charge is 0.0798 e. The molecule has 2 nitrogen and oxygen atoms in total. The van der Waals surface area contributed by atoms with Crippen molar-refractivity contribution in [3.05, 3.63) is 49.9 Å². The molecule has 2 aromatic rings. The number of nitrogens with zero attached hydrogens (tertiary/aromatic N) is 1. The first kappa shape index (κ1) is 12.8. The van der Waals surface area contributed by atoms with Crippen LogP contribution < -0.4 is 5.32 Å². The Morgan fingerprint density at radius 3 is 2.71 bits per heavy atom. The molecule has 1 atom stereocenters. The number of hydrogen-bond acceptors (Lipinski definition) is 3. The molecule has 1 aromatic carbocycles. The van der Waals surface area contributed by atoms with Gasteiger partial charge in [-0.3, -0.25) is 0 Å². The van der Waals surface area contributed by atoms with E-state index in [2.05, 4.69) is 10.3 Å². The molecule has 0 amide bonds. The van der Waals surface area contributed by atoms with Crippen LogP contribution in [0, 0.1) is 6.92 Å². The van der Waals surface area contributed by atoms with Crippen molar-refractivity contribution in [1.82, 2.24) is 10.3 Å². The average Bonchev–Trinajstić information content (AvgIpc) is 2.71. The first-order valence-electron chi connectivity index (χ1n) is 5.15. The summed E-state index contributed by atoms with van der Waals surface area (Å²) in [5.41, 5.74) is 3.84. The van der Waals surface area contributed by atoms with Crippen molar-refractivity contribution in [3.8, 4) is 0 Å². The fraction of sp³-hybridized carbons (Fsp3) is 0.250. The number of thiazole rings is 1. The van der Waals surface area contributed by atoms with Gasteiger partial charge in [-0.1, -0.05) is 23.2 Å². The number of nitrogens with one attached hydrogen (secondary N) is 1. The van der Waals surface area contributed by atoms with Crippen LogP contribution in [0.1, 0.15) is 22.2 Å². The van der Waals surface area contributed by atoms with Crippen LogP contribution in [-0.2, 0) is 0 Å². The highest BCUT2D eigenvalue weighted by Crippen LogP contribution is 2.33. The van der Waals surface area contributed by atoms with Crippen molar-refractivity contribution in [1.29, 1.82) is 0 Å². The number of rotatable bonds is 3. The van der Waals surface area contributed by atoms with Crippen LogP contribution in [-0.4, -0.2) is 12.0 Å². The molecule has 1 aromatic heterocycles. The molecule has 5 heteroatoms. The van der Waals surface area contributed by atoms with Crippen molar-refractivity contribution in [2.75, 3.05) is 7.05 Å². The number of aryl methyl sites for hydroxylation is 1. The average molecular weight is 287 g/mol. The molecule has 0 aliphatic heterocycles. The second-order valence-electron chi connectivity index (χ2n) is 3.69. The summed E-state index contributed by atoms with van der Waals surface area (Å²) in [4.78, 5) is 5.43. The predicted molar refractivity (Wildman–Crippen MR) is 74.2 cm³/mol. The van der Waals surface area contributed by atoms with Crippen LogP contribution in [0.15, 0.2) is 23.7 Å². The summed E-state index contributed by atoms with van der Waals surface area (Å²) in [6.45, 7) is 1.99. The van der Waals surface area contributed by atoms with Gasteiger partial charge in [-0.05, 0) is 37.7 Å². The van der Waals surface area contributed by atoms with Gasteiger partial charge in [-0.15, -0.1) is 11.3 Å². The second-order valence-corrected chi connectivity index (χ2v) is 5.42. The standard InChI is InChI=1S/C12H12Cl2N2S/c1-7-12(17-6-16-7)11(15-2)9-5-8(13)3-4-10(9)14/h3-6,11,15H,1-2H3. The van der Waals surface area contributed by atoms with Gasteiger partial charge in [0.15, 0.2) is 0 Å². The van der Waals surface area contributed by atoms with Crippen LogP contribution >= 0.6 is 34.5 Å². The third-order valence-corrected chi connectivity index (χ3v) is 4.18. The van der Waals surface area contributed by atoms with E-state index in [1.54, 1.807) is 17.4 Å². The van der Waals surface area contributed by atoms with Gasteiger partial charge in [0.05, 0.1) is 17.2 Å². The van der Waals surface area contributed by atoms with Gasteiger partial charge in [0.1, 0.15) is 0 Å². The molecule has 0 radical (unpaired) electrons. The third kappa shape index (κ3) is 2.63. The van der Waals surface area contributed by atoms with Crippen molar-refractivity contribution in [2.45, 2.75) is 13.0 Å². The monoisotopic (exact) mass is 286 g/mol. The highest BCUT2D eigenvalue weighted by molar-refractivity contribution is 7.09. The minimum Gasteiger partial charge on any atom is -0.309 e. The van der Waals surface area contributed by atoms with Crippen molar-refractivity contribution < 1.29 is 0 Å². The maximum atomic E-state index is 6.22. The van der Waals surface area contributed by atoms with E-state index in [1.807, 2.05) is 31.6 Å². The molecule has 0 spiro atoms. The van der Waals surface area contributed by atoms with Gasteiger partial charge < -0.3 is 5.32 Å². The zero-order valence-electron chi connectivity index (χ0n) is 9.50. The quantitative estimate of drug-likeness (QED) is 0.920. The van der Waals surface area contributed by atoms with E-state index in [4.69, 9.17) is 23.2 Å². The second kappa shape index (κ2) is 5.36. The maximum Gasteiger partial charge on any atom is 0.0798 e. The lowest BCUT2D eigenvalue weighted by molar-refractivity contribution is 0.698. The highest BCUT2D eigenvalue weighted by Gasteiger charge is 2.19. The molecule has 1 N–H and O–H groups in total. The van der Waals surface area contributed by atoms with Crippen molar-refractivity contribution in [3.63, 3.8) is 0 Å². The molecular formula is C12H12Cl2N2S. The van der Waals surface area contributed by atoms with Gasteiger partial charge in [-0.25, -0.2) is 4.98 Å². The molecule has 17 heavy (non-hydrogen) atoms. The first-order chi connectivity index (χ1) is 8.13. The lowest BCUT2D eigenvalue weighted by atomic mass is 10.0. The van der Waals surface area contributed by atoms with Crippen LogP contribution in [0.25, 0.3) is 0 Å². The summed E-state index contributed by atoms with van der Waals surface area (Å²) in [7, 11) is 1.90. The Balaban J connectivity index is 2.49. The first-order valence-corrected chi connectivity index (χ1v) is 6.79. The molecule has 0 saturated heterocycles. The molecular weight excluding hydrogens is 275 g/mol. The number of aromatic nitrogens is 1. The Hall–Kier alpha value is -0.610. The summed E-state index contributed by atoms with van der Waals surface area (Å²) >= 11 is 13.9. The number of halogens is 2. The zero-order valence-corrected chi connectivity index (χ0v) is 11.8. The van der Waals surface area contributed by atoms with E-state index < -0.39 is 0 Å². The van der Waals surface area contributed by atoms with Crippen LogP contribution in [0.2, 0.25) is 10.0 Å². The molecule has 0 aliphatic rings. The highest BCUT2D eigenvalue weighted by atomic mass is 35.5.